The number of aliphatic hydroxyl groups excluding tert-OH is 1. The molecule has 2 N–H and O–H groups in total. The summed E-state index contributed by atoms with van der Waals surface area (Å²) >= 11 is 0. The first-order valence-electron chi connectivity index (χ1n) is 7.78. The van der Waals surface area contributed by atoms with E-state index in [-0.39, 0.29) is 6.61 Å². The number of carbonyl (C=O) groups is 1. The fourth-order valence-electron chi connectivity index (χ4n) is 2.28. The first kappa shape index (κ1) is 17.5. The number of nitrogens with zero attached hydrogens (tertiary/aromatic N) is 1. The summed E-state index contributed by atoms with van der Waals surface area (Å²) < 4.78 is 5.13. The minimum absolute atomic E-state index is 0.140. The number of ether oxygens (including phenoxy) is 1. The van der Waals surface area contributed by atoms with Crippen LogP contribution in [-0.2, 0) is 17.8 Å². The fraction of sp³-hybridized carbons (Fsp3) is 0.263. The van der Waals surface area contributed by atoms with Gasteiger partial charge in [-0.1, -0.05) is 60.7 Å². The Morgan fingerprint density at radius 1 is 1.08 bits per heavy atom. The maximum absolute atomic E-state index is 11.9. The Balaban J connectivity index is 1.86. The van der Waals surface area contributed by atoms with Gasteiger partial charge in [0.15, 0.2) is 6.10 Å². The van der Waals surface area contributed by atoms with Gasteiger partial charge in [-0.25, -0.2) is 4.79 Å². The molecule has 2 unspecified atom stereocenters. The van der Waals surface area contributed by atoms with Crippen LogP contribution < -0.4 is 5.32 Å². The van der Waals surface area contributed by atoms with E-state index in [9.17, 15) is 9.90 Å². The first-order valence-corrected chi connectivity index (χ1v) is 7.78. The van der Waals surface area contributed by atoms with Crippen molar-refractivity contribution in [3.8, 4) is 6.07 Å². The molecule has 0 aliphatic heterocycles. The van der Waals surface area contributed by atoms with Gasteiger partial charge in [0.25, 0.3) is 0 Å². The van der Waals surface area contributed by atoms with Crippen molar-refractivity contribution in [2.24, 2.45) is 0 Å². The highest BCUT2D eigenvalue weighted by Crippen LogP contribution is 2.08. The monoisotopic (exact) mass is 324 g/mol. The third-order valence-corrected chi connectivity index (χ3v) is 3.62. The summed E-state index contributed by atoms with van der Waals surface area (Å²) in [5.41, 5.74) is 1.95. The normalized spacial score (nSPS) is 12.7. The van der Waals surface area contributed by atoms with Crippen LogP contribution in [0, 0.1) is 11.3 Å². The second kappa shape index (κ2) is 9.33. The molecule has 5 heteroatoms. The number of benzene rings is 2. The second-order valence-corrected chi connectivity index (χ2v) is 5.41. The Bertz CT molecular complexity index is 668. The summed E-state index contributed by atoms with van der Waals surface area (Å²) in [7, 11) is 0. The number of aryl methyl sites for hydroxylation is 1. The number of nitrogens with one attached hydrogen (secondary N) is 1. The van der Waals surface area contributed by atoms with Crippen molar-refractivity contribution in [1.82, 2.24) is 5.32 Å². The number of hydrogen-bond acceptors (Lipinski definition) is 4. The van der Waals surface area contributed by atoms with Gasteiger partial charge in [0, 0.05) is 0 Å². The standard InChI is InChI=1S/C19H20N2O3/c20-13-18(22)17(12-11-15-7-3-1-4-8-15)21-19(23)24-14-16-9-5-2-6-10-16/h1-10,17-18,22H,11-12,14H2,(H,21,23). The molecule has 2 atom stereocenters. The maximum atomic E-state index is 11.9. The van der Waals surface area contributed by atoms with Gasteiger partial charge in [-0.05, 0) is 24.0 Å². The molecule has 0 saturated heterocycles. The number of aliphatic hydroxyl groups is 1. The molecule has 2 rings (SSSR count). The minimum Gasteiger partial charge on any atom is -0.445 e. The molecule has 0 aromatic heterocycles. The lowest BCUT2D eigenvalue weighted by Crippen LogP contribution is -2.43. The number of carbonyl (C=O) groups excluding carboxylic acids is 1. The number of amides is 1. The van der Waals surface area contributed by atoms with E-state index in [4.69, 9.17) is 10.00 Å². The topological polar surface area (TPSA) is 82.4 Å². The van der Waals surface area contributed by atoms with E-state index in [0.29, 0.717) is 12.8 Å². The molecule has 2 aromatic rings. The highest BCUT2D eigenvalue weighted by molar-refractivity contribution is 5.67. The van der Waals surface area contributed by atoms with Crippen LogP contribution in [0.1, 0.15) is 17.5 Å². The van der Waals surface area contributed by atoms with E-state index in [0.717, 1.165) is 11.1 Å². The zero-order valence-electron chi connectivity index (χ0n) is 13.3. The average Bonchev–Trinajstić information content (AvgIpc) is 2.64. The largest absolute Gasteiger partial charge is 0.445 e. The molecule has 1 amide bonds. The number of rotatable bonds is 7. The Labute approximate surface area is 141 Å². The highest BCUT2D eigenvalue weighted by atomic mass is 16.5. The third kappa shape index (κ3) is 5.75. The summed E-state index contributed by atoms with van der Waals surface area (Å²) in [6.07, 6.45) is -0.841. The summed E-state index contributed by atoms with van der Waals surface area (Å²) in [4.78, 5) is 11.9. The minimum atomic E-state index is -1.28. The van der Waals surface area contributed by atoms with Crippen molar-refractivity contribution >= 4 is 6.09 Å². The van der Waals surface area contributed by atoms with Crippen LogP contribution in [0.3, 0.4) is 0 Å². The Morgan fingerprint density at radius 2 is 1.67 bits per heavy atom. The number of alkyl carbamates (subject to hydrolysis) is 1. The molecule has 24 heavy (non-hydrogen) atoms. The predicted molar refractivity (Wildman–Crippen MR) is 89.9 cm³/mol. The van der Waals surface area contributed by atoms with E-state index < -0.39 is 18.2 Å². The van der Waals surface area contributed by atoms with Crippen molar-refractivity contribution < 1.29 is 14.6 Å². The van der Waals surface area contributed by atoms with Gasteiger partial charge in [-0.15, -0.1) is 0 Å². The molecule has 0 heterocycles. The van der Waals surface area contributed by atoms with Crippen LogP contribution in [-0.4, -0.2) is 23.3 Å². The summed E-state index contributed by atoms with van der Waals surface area (Å²) in [6.45, 7) is 0.140. The Kier molecular flexibility index (Phi) is 6.81. The second-order valence-electron chi connectivity index (χ2n) is 5.41. The lowest BCUT2D eigenvalue weighted by atomic mass is 10.0. The molecule has 0 bridgehead atoms. The fourth-order valence-corrected chi connectivity index (χ4v) is 2.28. The SMILES string of the molecule is N#CC(O)C(CCc1ccccc1)NC(=O)OCc1ccccc1. The van der Waals surface area contributed by atoms with E-state index >= 15 is 0 Å². The molecule has 0 radical (unpaired) electrons. The molecule has 0 spiro atoms. The molecule has 0 fully saturated rings. The lowest BCUT2D eigenvalue weighted by Gasteiger charge is -2.19. The van der Waals surface area contributed by atoms with Gasteiger partial charge in [0.2, 0.25) is 0 Å². The van der Waals surface area contributed by atoms with Gasteiger partial charge >= 0.3 is 6.09 Å². The zero-order chi connectivity index (χ0) is 17.2. The molecule has 0 aliphatic rings. The van der Waals surface area contributed by atoms with Crippen molar-refractivity contribution in [1.29, 1.82) is 5.26 Å². The van der Waals surface area contributed by atoms with Crippen molar-refractivity contribution in [3.63, 3.8) is 0 Å². The number of hydrogen-bond donors (Lipinski definition) is 2. The summed E-state index contributed by atoms with van der Waals surface area (Å²) in [6, 6.07) is 20.1. The molecule has 124 valence electrons. The van der Waals surface area contributed by atoms with Gasteiger partial charge in [0.1, 0.15) is 6.61 Å². The van der Waals surface area contributed by atoms with Crippen molar-refractivity contribution in [3.05, 3.63) is 71.8 Å². The van der Waals surface area contributed by atoms with E-state index in [1.165, 1.54) is 0 Å². The molecular formula is C19H20N2O3. The lowest BCUT2D eigenvalue weighted by molar-refractivity contribution is 0.118. The van der Waals surface area contributed by atoms with Crippen LogP contribution in [0.5, 0.6) is 0 Å². The summed E-state index contributed by atoms with van der Waals surface area (Å²) in [5.74, 6) is 0. The molecular weight excluding hydrogens is 304 g/mol. The zero-order valence-corrected chi connectivity index (χ0v) is 13.3. The Hall–Kier alpha value is -2.84. The van der Waals surface area contributed by atoms with Crippen molar-refractivity contribution in [2.75, 3.05) is 0 Å². The summed E-state index contributed by atoms with van der Waals surface area (Å²) in [5, 5.41) is 21.3. The van der Waals surface area contributed by atoms with Gasteiger partial charge in [-0.3, -0.25) is 0 Å². The van der Waals surface area contributed by atoms with E-state index in [1.807, 2.05) is 60.7 Å². The van der Waals surface area contributed by atoms with E-state index in [1.54, 1.807) is 6.07 Å². The van der Waals surface area contributed by atoms with Crippen LogP contribution in [0.25, 0.3) is 0 Å². The third-order valence-electron chi connectivity index (χ3n) is 3.62. The first-order chi connectivity index (χ1) is 11.7. The van der Waals surface area contributed by atoms with Gasteiger partial charge in [-0.2, -0.15) is 5.26 Å². The predicted octanol–water partition coefficient (Wildman–Crippen LogP) is 2.80. The number of nitriles is 1. The molecule has 0 saturated carbocycles. The van der Waals surface area contributed by atoms with Crippen LogP contribution in [0.4, 0.5) is 4.79 Å². The van der Waals surface area contributed by atoms with Crippen LogP contribution >= 0.6 is 0 Å². The van der Waals surface area contributed by atoms with Gasteiger partial charge < -0.3 is 15.2 Å². The smallest absolute Gasteiger partial charge is 0.407 e. The van der Waals surface area contributed by atoms with Crippen LogP contribution in [0.2, 0.25) is 0 Å². The molecule has 5 nitrogen and oxygen atoms in total. The molecule has 0 aliphatic carbocycles. The van der Waals surface area contributed by atoms with Crippen molar-refractivity contribution in [2.45, 2.75) is 31.6 Å². The Morgan fingerprint density at radius 3 is 2.25 bits per heavy atom. The highest BCUT2D eigenvalue weighted by Gasteiger charge is 2.21. The maximum Gasteiger partial charge on any atom is 0.407 e. The van der Waals surface area contributed by atoms with Crippen LogP contribution in [0.15, 0.2) is 60.7 Å². The average molecular weight is 324 g/mol. The van der Waals surface area contributed by atoms with Gasteiger partial charge in [0.05, 0.1) is 12.1 Å². The molecule has 2 aromatic carbocycles. The quantitative estimate of drug-likeness (QED) is 0.767. The van der Waals surface area contributed by atoms with E-state index in [2.05, 4.69) is 5.32 Å².